The molecule has 0 radical (unpaired) electrons. The lowest BCUT2D eigenvalue weighted by Gasteiger charge is -2.32. The first-order chi connectivity index (χ1) is 9.85. The summed E-state index contributed by atoms with van der Waals surface area (Å²) in [6, 6.07) is 3.83. The van der Waals surface area contributed by atoms with E-state index in [4.69, 9.17) is 9.15 Å². The SMILES string of the molecule is CNCC1CN(Cc2csc(-c3ccco3)n2)CCO1. The Balaban J connectivity index is 1.60. The fourth-order valence-corrected chi connectivity index (χ4v) is 3.17. The van der Waals surface area contributed by atoms with Crippen LogP contribution in [-0.4, -0.2) is 49.3 Å². The minimum absolute atomic E-state index is 0.275. The summed E-state index contributed by atoms with van der Waals surface area (Å²) < 4.78 is 11.1. The molecule has 0 spiro atoms. The molecule has 0 aliphatic carbocycles. The van der Waals surface area contributed by atoms with Crippen molar-refractivity contribution >= 4 is 11.3 Å². The summed E-state index contributed by atoms with van der Waals surface area (Å²) in [5, 5.41) is 6.23. The number of hydrogen-bond donors (Lipinski definition) is 1. The van der Waals surface area contributed by atoms with E-state index in [1.807, 2.05) is 19.2 Å². The monoisotopic (exact) mass is 293 g/mol. The Hall–Kier alpha value is -1.21. The Morgan fingerprint density at radius 2 is 2.50 bits per heavy atom. The Morgan fingerprint density at radius 1 is 1.55 bits per heavy atom. The average Bonchev–Trinajstić information content (AvgIpc) is 3.10. The van der Waals surface area contributed by atoms with Gasteiger partial charge in [-0.15, -0.1) is 11.3 Å². The van der Waals surface area contributed by atoms with Gasteiger partial charge >= 0.3 is 0 Å². The summed E-state index contributed by atoms with van der Waals surface area (Å²) in [6.45, 7) is 4.48. The largest absolute Gasteiger partial charge is 0.462 e. The second-order valence-electron chi connectivity index (χ2n) is 4.91. The molecule has 0 aromatic carbocycles. The lowest BCUT2D eigenvalue weighted by Crippen LogP contribution is -2.45. The van der Waals surface area contributed by atoms with E-state index >= 15 is 0 Å². The molecular formula is C14H19N3O2S. The number of furan rings is 1. The number of nitrogens with one attached hydrogen (secondary N) is 1. The molecule has 1 aliphatic rings. The maximum atomic E-state index is 5.71. The highest BCUT2D eigenvalue weighted by Crippen LogP contribution is 2.24. The van der Waals surface area contributed by atoms with Crippen molar-refractivity contribution in [2.75, 3.05) is 33.3 Å². The summed E-state index contributed by atoms with van der Waals surface area (Å²) >= 11 is 1.63. The molecule has 2 aromatic heterocycles. The molecule has 6 heteroatoms. The lowest BCUT2D eigenvalue weighted by atomic mass is 10.2. The summed E-state index contributed by atoms with van der Waals surface area (Å²) in [5.41, 5.74) is 1.10. The number of hydrogen-bond acceptors (Lipinski definition) is 6. The van der Waals surface area contributed by atoms with Crippen molar-refractivity contribution in [3.63, 3.8) is 0 Å². The van der Waals surface area contributed by atoms with Crippen LogP contribution in [0.15, 0.2) is 28.2 Å². The Labute approximate surface area is 122 Å². The lowest BCUT2D eigenvalue weighted by molar-refractivity contribution is -0.0294. The second kappa shape index (κ2) is 6.49. The third-order valence-corrected chi connectivity index (χ3v) is 4.23. The molecule has 1 saturated heterocycles. The van der Waals surface area contributed by atoms with E-state index in [0.717, 1.165) is 49.2 Å². The van der Waals surface area contributed by atoms with Crippen molar-refractivity contribution in [3.8, 4) is 10.8 Å². The van der Waals surface area contributed by atoms with E-state index in [-0.39, 0.29) is 6.10 Å². The van der Waals surface area contributed by atoms with Crippen molar-refractivity contribution in [1.29, 1.82) is 0 Å². The third-order valence-electron chi connectivity index (χ3n) is 3.32. The number of nitrogens with zero attached hydrogens (tertiary/aromatic N) is 2. The molecule has 3 heterocycles. The number of aromatic nitrogens is 1. The molecule has 0 saturated carbocycles. The molecule has 20 heavy (non-hydrogen) atoms. The first-order valence-electron chi connectivity index (χ1n) is 6.82. The molecule has 108 valence electrons. The number of likely N-dealkylation sites (N-methyl/N-ethyl adjacent to an activating group) is 1. The van der Waals surface area contributed by atoms with Gasteiger partial charge in [0.05, 0.1) is 24.7 Å². The number of thiazole rings is 1. The summed E-state index contributed by atoms with van der Waals surface area (Å²) in [6.07, 6.45) is 1.96. The fraction of sp³-hybridized carbons (Fsp3) is 0.500. The van der Waals surface area contributed by atoms with Crippen molar-refractivity contribution < 1.29 is 9.15 Å². The van der Waals surface area contributed by atoms with Gasteiger partial charge in [0.15, 0.2) is 10.8 Å². The minimum atomic E-state index is 0.275. The van der Waals surface area contributed by atoms with Gasteiger partial charge in [0.25, 0.3) is 0 Å². The summed E-state index contributed by atoms with van der Waals surface area (Å²) in [7, 11) is 1.96. The summed E-state index contributed by atoms with van der Waals surface area (Å²) in [5.74, 6) is 0.844. The predicted octanol–water partition coefficient (Wildman–Crippen LogP) is 1.82. The predicted molar refractivity (Wildman–Crippen MR) is 78.8 cm³/mol. The van der Waals surface area contributed by atoms with Crippen molar-refractivity contribution in [2.45, 2.75) is 12.6 Å². The van der Waals surface area contributed by atoms with E-state index in [2.05, 4.69) is 20.6 Å². The van der Waals surface area contributed by atoms with Gasteiger partial charge < -0.3 is 14.5 Å². The zero-order chi connectivity index (χ0) is 13.8. The van der Waals surface area contributed by atoms with Crippen LogP contribution in [0.4, 0.5) is 0 Å². The van der Waals surface area contributed by atoms with Gasteiger partial charge in [-0.1, -0.05) is 0 Å². The molecule has 5 nitrogen and oxygen atoms in total. The van der Waals surface area contributed by atoms with E-state index in [9.17, 15) is 0 Å². The second-order valence-corrected chi connectivity index (χ2v) is 5.76. The molecule has 1 aliphatic heterocycles. The van der Waals surface area contributed by atoms with Crippen molar-refractivity contribution in [3.05, 3.63) is 29.5 Å². The quantitative estimate of drug-likeness (QED) is 0.911. The number of ether oxygens (including phenoxy) is 1. The van der Waals surface area contributed by atoms with Crippen LogP contribution < -0.4 is 5.32 Å². The van der Waals surface area contributed by atoms with Crippen LogP contribution >= 0.6 is 11.3 Å². The third kappa shape index (κ3) is 3.27. The number of rotatable bonds is 5. The van der Waals surface area contributed by atoms with Gasteiger partial charge in [-0.2, -0.15) is 0 Å². The fourth-order valence-electron chi connectivity index (χ4n) is 2.40. The van der Waals surface area contributed by atoms with Crippen molar-refractivity contribution in [2.24, 2.45) is 0 Å². The maximum Gasteiger partial charge on any atom is 0.162 e. The van der Waals surface area contributed by atoms with Crippen LogP contribution in [0, 0.1) is 0 Å². The van der Waals surface area contributed by atoms with E-state index < -0.39 is 0 Å². The van der Waals surface area contributed by atoms with Gasteiger partial charge in [-0.05, 0) is 19.2 Å². The molecule has 1 N–H and O–H groups in total. The van der Waals surface area contributed by atoms with Crippen LogP contribution in [0.25, 0.3) is 10.8 Å². The molecular weight excluding hydrogens is 274 g/mol. The van der Waals surface area contributed by atoms with Gasteiger partial charge in [0.1, 0.15) is 0 Å². The highest BCUT2D eigenvalue weighted by Gasteiger charge is 2.20. The smallest absolute Gasteiger partial charge is 0.162 e. The molecule has 1 unspecified atom stereocenters. The Kier molecular flexibility index (Phi) is 4.47. The molecule has 3 rings (SSSR count). The standard InChI is InChI=1S/C14H19N3O2S/c1-15-7-12-9-17(4-6-18-12)8-11-10-20-14(16-11)13-3-2-5-19-13/h2-3,5,10,12,15H,4,6-9H2,1H3. The Morgan fingerprint density at radius 3 is 3.30 bits per heavy atom. The highest BCUT2D eigenvalue weighted by molar-refractivity contribution is 7.13. The van der Waals surface area contributed by atoms with Crippen molar-refractivity contribution in [1.82, 2.24) is 15.2 Å². The van der Waals surface area contributed by atoms with Crippen LogP contribution in [0.3, 0.4) is 0 Å². The summed E-state index contributed by atoms with van der Waals surface area (Å²) in [4.78, 5) is 7.04. The van der Waals surface area contributed by atoms with E-state index in [0.29, 0.717) is 0 Å². The van der Waals surface area contributed by atoms with Crippen LogP contribution in [-0.2, 0) is 11.3 Å². The first kappa shape index (κ1) is 13.8. The van der Waals surface area contributed by atoms with E-state index in [1.165, 1.54) is 0 Å². The Bertz CT molecular complexity index is 524. The minimum Gasteiger partial charge on any atom is -0.462 e. The zero-order valence-electron chi connectivity index (χ0n) is 11.5. The topological polar surface area (TPSA) is 50.5 Å². The first-order valence-corrected chi connectivity index (χ1v) is 7.70. The van der Waals surface area contributed by atoms with Gasteiger partial charge in [-0.3, -0.25) is 4.90 Å². The average molecular weight is 293 g/mol. The van der Waals surface area contributed by atoms with E-state index in [1.54, 1.807) is 17.6 Å². The molecule has 0 amide bonds. The number of morpholine rings is 1. The van der Waals surface area contributed by atoms with Crippen LogP contribution in [0.1, 0.15) is 5.69 Å². The molecule has 1 atom stereocenters. The zero-order valence-corrected chi connectivity index (χ0v) is 12.4. The normalized spacial score (nSPS) is 20.4. The van der Waals surface area contributed by atoms with Crippen LogP contribution in [0.5, 0.6) is 0 Å². The highest BCUT2D eigenvalue weighted by atomic mass is 32.1. The molecule has 2 aromatic rings. The van der Waals surface area contributed by atoms with Gasteiger partial charge in [0, 0.05) is 31.6 Å². The van der Waals surface area contributed by atoms with Gasteiger partial charge in [-0.25, -0.2) is 4.98 Å². The molecule has 1 fully saturated rings. The molecule has 0 bridgehead atoms. The van der Waals surface area contributed by atoms with Gasteiger partial charge in [0.2, 0.25) is 0 Å². The van der Waals surface area contributed by atoms with Crippen LogP contribution in [0.2, 0.25) is 0 Å². The maximum absolute atomic E-state index is 5.71.